The number of hydrogen-bond donors (Lipinski definition) is 1. The maximum Gasteiger partial charge on any atom is 0.223 e. The van der Waals surface area contributed by atoms with Crippen molar-refractivity contribution in [2.24, 2.45) is 11.3 Å². The molecule has 1 heterocycles. The van der Waals surface area contributed by atoms with Gasteiger partial charge in [0.1, 0.15) is 0 Å². The number of alkyl halides is 1. The Kier molecular flexibility index (Phi) is 6.28. The van der Waals surface area contributed by atoms with Crippen LogP contribution >= 0.6 is 11.6 Å². The average molecular weight is 262 g/mol. The zero-order valence-corrected chi connectivity index (χ0v) is 11.7. The van der Waals surface area contributed by atoms with Crippen LogP contribution in [0.15, 0.2) is 0 Å². The highest BCUT2D eigenvalue weighted by atomic mass is 35.5. The Morgan fingerprint density at radius 3 is 2.41 bits per heavy atom. The van der Waals surface area contributed by atoms with Gasteiger partial charge in [0.2, 0.25) is 5.91 Å². The van der Waals surface area contributed by atoms with Crippen molar-refractivity contribution in [1.29, 1.82) is 0 Å². The third-order valence-electron chi connectivity index (χ3n) is 4.01. The second-order valence-corrected chi connectivity index (χ2v) is 5.21. The normalized spacial score (nSPS) is 18.1. The number of amides is 1. The predicted molar refractivity (Wildman–Crippen MR) is 70.3 cm³/mol. The molecule has 1 aliphatic heterocycles. The molecule has 17 heavy (non-hydrogen) atoms. The number of hydrogen-bond acceptors (Lipinski definition) is 2. The van der Waals surface area contributed by atoms with E-state index in [2.05, 4.69) is 19.2 Å². The van der Waals surface area contributed by atoms with Gasteiger partial charge < -0.3 is 10.1 Å². The molecule has 1 saturated heterocycles. The van der Waals surface area contributed by atoms with Crippen molar-refractivity contribution < 1.29 is 9.53 Å². The summed E-state index contributed by atoms with van der Waals surface area (Å²) in [7, 11) is 0. The van der Waals surface area contributed by atoms with Gasteiger partial charge in [0, 0.05) is 37.0 Å². The Hall–Kier alpha value is -0.280. The fraction of sp³-hybridized carbons (Fsp3) is 0.923. The molecule has 1 N–H and O–H groups in total. The minimum atomic E-state index is 0.0579. The van der Waals surface area contributed by atoms with Crippen molar-refractivity contribution in [3.05, 3.63) is 0 Å². The lowest BCUT2D eigenvalue weighted by Crippen LogP contribution is -2.42. The molecule has 3 nitrogen and oxygen atoms in total. The van der Waals surface area contributed by atoms with Gasteiger partial charge >= 0.3 is 0 Å². The Balaban J connectivity index is 2.40. The lowest BCUT2D eigenvalue weighted by molar-refractivity contribution is -0.128. The summed E-state index contributed by atoms with van der Waals surface area (Å²) in [6, 6.07) is 0. The van der Waals surface area contributed by atoms with E-state index in [1.165, 1.54) is 0 Å². The minimum absolute atomic E-state index is 0.0579. The van der Waals surface area contributed by atoms with Gasteiger partial charge in [-0.3, -0.25) is 4.79 Å². The Bertz CT molecular complexity index is 227. The van der Waals surface area contributed by atoms with Crippen LogP contribution in [0.2, 0.25) is 0 Å². The monoisotopic (exact) mass is 261 g/mol. The molecule has 0 saturated carbocycles. The van der Waals surface area contributed by atoms with E-state index in [-0.39, 0.29) is 17.2 Å². The van der Waals surface area contributed by atoms with E-state index in [0.29, 0.717) is 25.6 Å². The highest BCUT2D eigenvalue weighted by Crippen LogP contribution is 2.27. The van der Waals surface area contributed by atoms with E-state index in [4.69, 9.17) is 16.3 Å². The van der Waals surface area contributed by atoms with Gasteiger partial charge in [0.15, 0.2) is 0 Å². The molecule has 1 fully saturated rings. The maximum absolute atomic E-state index is 12.0. The zero-order chi connectivity index (χ0) is 12.7. The van der Waals surface area contributed by atoms with Crippen molar-refractivity contribution >= 4 is 17.5 Å². The van der Waals surface area contributed by atoms with E-state index in [9.17, 15) is 4.79 Å². The van der Waals surface area contributed by atoms with Gasteiger partial charge in [0.25, 0.3) is 0 Å². The van der Waals surface area contributed by atoms with Crippen molar-refractivity contribution in [2.45, 2.75) is 39.5 Å². The number of halogens is 1. The lowest BCUT2D eigenvalue weighted by Gasteiger charge is -2.30. The molecule has 100 valence electrons. The first-order valence-electron chi connectivity index (χ1n) is 6.59. The van der Waals surface area contributed by atoms with Crippen LogP contribution in [0.1, 0.15) is 39.5 Å². The Morgan fingerprint density at radius 2 is 1.94 bits per heavy atom. The molecular weight excluding hydrogens is 238 g/mol. The molecule has 0 aromatic rings. The molecule has 1 amide bonds. The third-order valence-corrected chi connectivity index (χ3v) is 4.58. The summed E-state index contributed by atoms with van der Waals surface area (Å²) in [5, 5.41) is 3.07. The van der Waals surface area contributed by atoms with Crippen LogP contribution in [0.4, 0.5) is 0 Å². The quantitative estimate of drug-likeness (QED) is 0.747. The van der Waals surface area contributed by atoms with E-state index >= 15 is 0 Å². The van der Waals surface area contributed by atoms with Crippen molar-refractivity contribution in [3.8, 4) is 0 Å². The standard InChI is InChI=1S/C13H24ClNO2/c1-3-13(4-2,9-14)10-15-12(16)11-5-7-17-8-6-11/h11H,3-10H2,1-2H3,(H,15,16). The summed E-state index contributed by atoms with van der Waals surface area (Å²) in [6.07, 6.45) is 3.69. The molecule has 0 atom stereocenters. The van der Waals surface area contributed by atoms with Crippen molar-refractivity contribution in [3.63, 3.8) is 0 Å². The van der Waals surface area contributed by atoms with Crippen molar-refractivity contribution in [1.82, 2.24) is 5.32 Å². The third kappa shape index (κ3) is 4.14. The van der Waals surface area contributed by atoms with E-state index in [1.807, 2.05) is 0 Å². The van der Waals surface area contributed by atoms with E-state index < -0.39 is 0 Å². The summed E-state index contributed by atoms with van der Waals surface area (Å²) >= 11 is 6.02. The summed E-state index contributed by atoms with van der Waals surface area (Å²) < 4.78 is 5.26. The van der Waals surface area contributed by atoms with Gasteiger partial charge in [-0.2, -0.15) is 0 Å². The molecule has 4 heteroatoms. The first-order chi connectivity index (χ1) is 8.17. The molecule has 0 spiro atoms. The largest absolute Gasteiger partial charge is 0.381 e. The summed E-state index contributed by atoms with van der Waals surface area (Å²) in [4.78, 5) is 12.0. The zero-order valence-electron chi connectivity index (χ0n) is 10.9. The topological polar surface area (TPSA) is 38.3 Å². The van der Waals surface area contributed by atoms with Gasteiger partial charge in [0.05, 0.1) is 0 Å². The first-order valence-corrected chi connectivity index (χ1v) is 7.12. The molecule has 0 bridgehead atoms. The highest BCUT2D eigenvalue weighted by molar-refractivity contribution is 6.18. The molecular formula is C13H24ClNO2. The lowest BCUT2D eigenvalue weighted by atomic mass is 9.84. The number of rotatable bonds is 6. The van der Waals surface area contributed by atoms with Gasteiger partial charge in [-0.1, -0.05) is 13.8 Å². The predicted octanol–water partition coefficient (Wildman–Crippen LogP) is 2.57. The Labute approximate surface area is 109 Å². The molecule has 0 unspecified atom stereocenters. The number of nitrogens with one attached hydrogen (secondary N) is 1. The van der Waals surface area contributed by atoms with Gasteiger partial charge in [-0.25, -0.2) is 0 Å². The fourth-order valence-corrected chi connectivity index (χ4v) is 2.59. The first kappa shape index (κ1) is 14.8. The van der Waals surface area contributed by atoms with Crippen LogP contribution in [0.3, 0.4) is 0 Å². The maximum atomic E-state index is 12.0. The molecule has 0 aliphatic carbocycles. The second-order valence-electron chi connectivity index (χ2n) is 4.95. The molecule has 0 aromatic carbocycles. The van der Waals surface area contributed by atoms with Crippen LogP contribution < -0.4 is 5.32 Å². The van der Waals surface area contributed by atoms with Gasteiger partial charge in [-0.15, -0.1) is 11.6 Å². The van der Waals surface area contributed by atoms with Crippen LogP contribution in [-0.2, 0) is 9.53 Å². The number of ether oxygens (including phenoxy) is 1. The average Bonchev–Trinajstić information content (AvgIpc) is 2.41. The van der Waals surface area contributed by atoms with Gasteiger partial charge in [-0.05, 0) is 25.7 Å². The smallest absolute Gasteiger partial charge is 0.223 e. The van der Waals surface area contributed by atoms with E-state index in [0.717, 1.165) is 25.7 Å². The SMILES string of the molecule is CCC(CC)(CCl)CNC(=O)C1CCOCC1. The number of carbonyl (C=O) groups is 1. The van der Waals surface area contributed by atoms with E-state index in [1.54, 1.807) is 0 Å². The molecule has 0 radical (unpaired) electrons. The van der Waals surface area contributed by atoms with Crippen LogP contribution in [0.25, 0.3) is 0 Å². The van der Waals surface area contributed by atoms with Crippen molar-refractivity contribution in [2.75, 3.05) is 25.6 Å². The minimum Gasteiger partial charge on any atom is -0.381 e. The van der Waals surface area contributed by atoms with Crippen LogP contribution in [0, 0.1) is 11.3 Å². The molecule has 0 aromatic heterocycles. The highest BCUT2D eigenvalue weighted by Gasteiger charge is 2.28. The summed E-state index contributed by atoms with van der Waals surface area (Å²) in [6.45, 7) is 6.37. The fourth-order valence-electron chi connectivity index (χ4n) is 2.11. The molecule has 1 aliphatic rings. The Morgan fingerprint density at radius 1 is 1.35 bits per heavy atom. The molecule has 1 rings (SSSR count). The number of carbonyl (C=O) groups excluding carboxylic acids is 1. The van der Waals surface area contributed by atoms with Crippen LogP contribution in [0.5, 0.6) is 0 Å². The summed E-state index contributed by atoms with van der Waals surface area (Å²) in [5.74, 6) is 0.906. The van der Waals surface area contributed by atoms with Crippen LogP contribution in [-0.4, -0.2) is 31.5 Å². The second kappa shape index (κ2) is 7.22. The summed E-state index contributed by atoms with van der Waals surface area (Å²) in [5.41, 5.74) is 0.0579.